The molecule has 1 heterocycles. The van der Waals surface area contributed by atoms with Crippen LogP contribution >= 0.6 is 0 Å². The van der Waals surface area contributed by atoms with Crippen LogP contribution in [0.15, 0.2) is 18.3 Å². The molecule has 98 valence electrons. The number of aryl methyl sites for hydroxylation is 1. The van der Waals surface area contributed by atoms with Gasteiger partial charge in [-0.25, -0.2) is 4.79 Å². The van der Waals surface area contributed by atoms with E-state index in [2.05, 4.69) is 5.32 Å². The molecule has 0 bridgehead atoms. The topological polar surface area (TPSA) is 60.3 Å². The lowest BCUT2D eigenvalue weighted by atomic mass is 10.2. The molecule has 1 aromatic rings. The minimum Gasteiger partial charge on any atom is -0.451 e. The lowest BCUT2D eigenvalue weighted by Crippen LogP contribution is -2.36. The van der Waals surface area contributed by atoms with Gasteiger partial charge in [-0.1, -0.05) is 12.8 Å². The van der Waals surface area contributed by atoms with Gasteiger partial charge in [0.2, 0.25) is 0 Å². The molecule has 0 aromatic carbocycles. The minimum absolute atomic E-state index is 0.208. The molecule has 1 aliphatic rings. The van der Waals surface area contributed by atoms with Crippen LogP contribution in [0.25, 0.3) is 0 Å². The third kappa shape index (κ3) is 3.12. The molecule has 1 aliphatic carbocycles. The largest absolute Gasteiger partial charge is 0.451 e. The van der Waals surface area contributed by atoms with E-state index in [1.807, 2.05) is 0 Å². The van der Waals surface area contributed by atoms with E-state index in [4.69, 9.17) is 4.74 Å². The molecule has 0 aliphatic heterocycles. The van der Waals surface area contributed by atoms with Gasteiger partial charge in [0.05, 0.1) is 0 Å². The Hall–Kier alpha value is -1.78. The molecule has 1 saturated carbocycles. The number of rotatable bonds is 4. The molecule has 1 fully saturated rings. The zero-order valence-electron chi connectivity index (χ0n) is 10.5. The number of aromatic nitrogens is 1. The highest BCUT2D eigenvalue weighted by atomic mass is 16.5. The SMILES string of the molecule is Cn1cccc1C(=O)OCC(=O)NC1CCCC1. The van der Waals surface area contributed by atoms with Gasteiger partial charge >= 0.3 is 5.97 Å². The maximum Gasteiger partial charge on any atom is 0.355 e. The molecule has 0 saturated heterocycles. The summed E-state index contributed by atoms with van der Waals surface area (Å²) in [6.45, 7) is -0.208. The average Bonchev–Trinajstić information content (AvgIpc) is 2.97. The van der Waals surface area contributed by atoms with Crippen LogP contribution in [-0.4, -0.2) is 29.1 Å². The zero-order chi connectivity index (χ0) is 13.0. The van der Waals surface area contributed by atoms with Gasteiger partial charge in [0.15, 0.2) is 6.61 Å². The van der Waals surface area contributed by atoms with Gasteiger partial charge in [-0.05, 0) is 25.0 Å². The van der Waals surface area contributed by atoms with E-state index < -0.39 is 5.97 Å². The predicted molar refractivity (Wildman–Crippen MR) is 66.1 cm³/mol. The number of nitrogens with zero attached hydrogens (tertiary/aromatic N) is 1. The van der Waals surface area contributed by atoms with Gasteiger partial charge < -0.3 is 14.6 Å². The summed E-state index contributed by atoms with van der Waals surface area (Å²) in [6.07, 6.45) is 6.13. The van der Waals surface area contributed by atoms with Crippen molar-refractivity contribution >= 4 is 11.9 Å². The number of ether oxygens (including phenoxy) is 1. The average molecular weight is 250 g/mol. The Kier molecular flexibility index (Phi) is 4.02. The van der Waals surface area contributed by atoms with Crippen molar-refractivity contribution in [1.29, 1.82) is 0 Å². The Bertz CT molecular complexity index is 433. The molecule has 0 atom stereocenters. The van der Waals surface area contributed by atoms with Crippen LogP contribution in [-0.2, 0) is 16.6 Å². The first kappa shape index (κ1) is 12.7. The highest BCUT2D eigenvalue weighted by Crippen LogP contribution is 2.17. The molecule has 2 rings (SSSR count). The molecular formula is C13H18N2O3. The van der Waals surface area contributed by atoms with Crippen LogP contribution in [0.2, 0.25) is 0 Å². The van der Waals surface area contributed by atoms with Gasteiger partial charge in [-0.2, -0.15) is 0 Å². The Morgan fingerprint density at radius 1 is 1.44 bits per heavy atom. The summed E-state index contributed by atoms with van der Waals surface area (Å²) in [5, 5.41) is 2.87. The van der Waals surface area contributed by atoms with Crippen molar-refractivity contribution in [2.24, 2.45) is 7.05 Å². The van der Waals surface area contributed by atoms with Crippen molar-refractivity contribution in [3.05, 3.63) is 24.0 Å². The van der Waals surface area contributed by atoms with E-state index in [1.165, 1.54) is 0 Å². The molecule has 1 aromatic heterocycles. The maximum absolute atomic E-state index is 11.6. The number of hydrogen-bond acceptors (Lipinski definition) is 3. The number of hydrogen-bond donors (Lipinski definition) is 1. The van der Waals surface area contributed by atoms with Gasteiger partial charge in [0.25, 0.3) is 5.91 Å². The minimum atomic E-state index is -0.468. The molecule has 0 spiro atoms. The van der Waals surface area contributed by atoms with Crippen molar-refractivity contribution < 1.29 is 14.3 Å². The van der Waals surface area contributed by atoms with Gasteiger partial charge in [-0.3, -0.25) is 4.79 Å². The first-order valence-electron chi connectivity index (χ1n) is 6.24. The summed E-state index contributed by atoms with van der Waals surface area (Å²) < 4.78 is 6.63. The van der Waals surface area contributed by atoms with Gasteiger partial charge in [0.1, 0.15) is 5.69 Å². The van der Waals surface area contributed by atoms with Crippen LogP contribution in [0.4, 0.5) is 0 Å². The van der Waals surface area contributed by atoms with Crippen molar-refractivity contribution in [2.45, 2.75) is 31.7 Å². The first-order chi connectivity index (χ1) is 8.66. The molecule has 5 heteroatoms. The maximum atomic E-state index is 11.6. The van der Waals surface area contributed by atoms with Gasteiger partial charge in [0, 0.05) is 19.3 Å². The van der Waals surface area contributed by atoms with Crippen LogP contribution < -0.4 is 5.32 Å². The molecule has 18 heavy (non-hydrogen) atoms. The summed E-state index contributed by atoms with van der Waals surface area (Å²) in [5.74, 6) is -0.687. The monoisotopic (exact) mass is 250 g/mol. The second-order valence-corrected chi connectivity index (χ2v) is 4.63. The fourth-order valence-corrected chi connectivity index (χ4v) is 2.22. The summed E-state index contributed by atoms with van der Waals surface area (Å²) >= 11 is 0. The van der Waals surface area contributed by atoms with E-state index >= 15 is 0 Å². The Labute approximate surface area is 106 Å². The highest BCUT2D eigenvalue weighted by molar-refractivity contribution is 5.89. The van der Waals surface area contributed by atoms with Crippen LogP contribution in [0.5, 0.6) is 0 Å². The smallest absolute Gasteiger partial charge is 0.355 e. The fraction of sp³-hybridized carbons (Fsp3) is 0.538. The van der Waals surface area contributed by atoms with E-state index in [0.29, 0.717) is 5.69 Å². The molecule has 5 nitrogen and oxygen atoms in total. The summed E-state index contributed by atoms with van der Waals surface area (Å²) in [6, 6.07) is 3.68. The first-order valence-corrected chi connectivity index (χ1v) is 6.24. The van der Waals surface area contributed by atoms with Gasteiger partial charge in [-0.15, -0.1) is 0 Å². The number of amides is 1. The second-order valence-electron chi connectivity index (χ2n) is 4.63. The fourth-order valence-electron chi connectivity index (χ4n) is 2.22. The van der Waals surface area contributed by atoms with Crippen molar-refractivity contribution in [3.8, 4) is 0 Å². The van der Waals surface area contributed by atoms with E-state index in [0.717, 1.165) is 25.7 Å². The molecule has 1 amide bonds. The molecule has 1 N–H and O–H groups in total. The van der Waals surface area contributed by atoms with Crippen molar-refractivity contribution in [2.75, 3.05) is 6.61 Å². The van der Waals surface area contributed by atoms with E-state index in [9.17, 15) is 9.59 Å². The van der Waals surface area contributed by atoms with Crippen molar-refractivity contribution in [3.63, 3.8) is 0 Å². The van der Waals surface area contributed by atoms with E-state index in [1.54, 1.807) is 29.9 Å². The highest BCUT2D eigenvalue weighted by Gasteiger charge is 2.18. The van der Waals surface area contributed by atoms with Crippen LogP contribution in [0.3, 0.4) is 0 Å². The number of carbonyl (C=O) groups is 2. The van der Waals surface area contributed by atoms with Crippen molar-refractivity contribution in [1.82, 2.24) is 9.88 Å². The Balaban J connectivity index is 1.75. The third-order valence-electron chi connectivity index (χ3n) is 3.21. The predicted octanol–water partition coefficient (Wildman–Crippen LogP) is 1.24. The van der Waals surface area contributed by atoms with Crippen LogP contribution in [0, 0.1) is 0 Å². The summed E-state index contributed by atoms with van der Waals surface area (Å²) in [7, 11) is 1.76. The number of nitrogens with one attached hydrogen (secondary N) is 1. The van der Waals surface area contributed by atoms with E-state index in [-0.39, 0.29) is 18.6 Å². The Morgan fingerprint density at radius 3 is 2.78 bits per heavy atom. The number of esters is 1. The normalized spacial score (nSPS) is 15.6. The standard InChI is InChI=1S/C13H18N2O3/c1-15-8-4-7-11(15)13(17)18-9-12(16)14-10-5-2-3-6-10/h4,7-8,10H,2-3,5-6,9H2,1H3,(H,14,16). The summed E-state index contributed by atoms with van der Waals surface area (Å²) in [5.41, 5.74) is 0.448. The lowest BCUT2D eigenvalue weighted by molar-refractivity contribution is -0.124. The summed E-state index contributed by atoms with van der Waals surface area (Å²) in [4.78, 5) is 23.2. The molecule has 0 radical (unpaired) electrons. The number of carbonyl (C=O) groups excluding carboxylic acids is 2. The molecular weight excluding hydrogens is 232 g/mol. The van der Waals surface area contributed by atoms with Crippen LogP contribution in [0.1, 0.15) is 36.2 Å². The third-order valence-corrected chi connectivity index (χ3v) is 3.21. The molecule has 0 unspecified atom stereocenters. The second kappa shape index (κ2) is 5.71. The zero-order valence-corrected chi connectivity index (χ0v) is 10.5. The quantitative estimate of drug-likeness (QED) is 0.818. The Morgan fingerprint density at radius 2 is 2.17 bits per heavy atom. The lowest BCUT2D eigenvalue weighted by Gasteiger charge is -2.12.